The summed E-state index contributed by atoms with van der Waals surface area (Å²) in [6.45, 7) is 0. The van der Waals surface area contributed by atoms with E-state index in [-0.39, 0.29) is 0 Å². The molecule has 1 N–H and O–H groups in total. The molecule has 0 spiro atoms. The van der Waals surface area contributed by atoms with Crippen molar-refractivity contribution in [3.63, 3.8) is 0 Å². The fraction of sp³-hybridized carbons (Fsp3) is 0. The molecule has 0 aliphatic rings. The molecule has 0 bridgehead atoms. The lowest BCUT2D eigenvalue weighted by molar-refractivity contribution is 0.274. The van der Waals surface area contributed by atoms with Crippen LogP contribution in [-0.2, 0) is 5.21 Å². The maximum atomic E-state index is 10.1. The van der Waals surface area contributed by atoms with Gasteiger partial charge in [-0.2, -0.15) is 0 Å². The van der Waals surface area contributed by atoms with Crippen LogP contribution < -0.4 is 5.48 Å². The Labute approximate surface area is 61.6 Å². The number of hydrogen-bond acceptors (Lipinski definition) is 1. The first kappa shape index (κ1) is 6.58. The van der Waals surface area contributed by atoms with Crippen LogP contribution in [0.2, 0.25) is 0 Å². The predicted molar refractivity (Wildman–Crippen MR) is 38.5 cm³/mol. The van der Waals surface area contributed by atoms with Gasteiger partial charge in [-0.25, -0.2) is 5.48 Å². The molecular formula is C6H5BrNO. The van der Waals surface area contributed by atoms with Gasteiger partial charge < -0.3 is 0 Å². The number of benzene rings is 1. The van der Waals surface area contributed by atoms with Gasteiger partial charge in [0.2, 0.25) is 0 Å². The second-order valence-electron chi connectivity index (χ2n) is 1.58. The zero-order valence-corrected chi connectivity index (χ0v) is 6.18. The molecule has 0 aliphatic heterocycles. The van der Waals surface area contributed by atoms with Crippen LogP contribution in [0.5, 0.6) is 0 Å². The molecule has 0 amide bonds. The van der Waals surface area contributed by atoms with Gasteiger partial charge in [-0.1, -0.05) is 17.3 Å². The number of rotatable bonds is 1. The topological polar surface area (TPSA) is 31.9 Å². The molecule has 1 aromatic carbocycles. The zero-order chi connectivity index (χ0) is 6.69. The molecule has 0 aliphatic carbocycles. The fourth-order valence-electron chi connectivity index (χ4n) is 0.544. The Morgan fingerprint density at radius 2 is 2.00 bits per heavy atom. The van der Waals surface area contributed by atoms with Crippen molar-refractivity contribution in [1.29, 1.82) is 0 Å². The van der Waals surface area contributed by atoms with E-state index in [0.717, 1.165) is 4.47 Å². The van der Waals surface area contributed by atoms with Gasteiger partial charge >= 0.3 is 0 Å². The molecular weight excluding hydrogens is 182 g/mol. The summed E-state index contributed by atoms with van der Waals surface area (Å²) in [5, 5.41) is 10.1. The first-order valence-corrected chi connectivity index (χ1v) is 3.26. The first-order chi connectivity index (χ1) is 4.34. The molecule has 1 aromatic rings. The highest BCUT2D eigenvalue weighted by atomic mass is 79.9. The highest BCUT2D eigenvalue weighted by Gasteiger charge is 1.92. The van der Waals surface area contributed by atoms with E-state index < -0.39 is 0 Å². The highest BCUT2D eigenvalue weighted by Crippen LogP contribution is 2.19. The summed E-state index contributed by atoms with van der Waals surface area (Å²) in [5.41, 5.74) is 2.37. The van der Waals surface area contributed by atoms with Crippen molar-refractivity contribution in [2.45, 2.75) is 0 Å². The van der Waals surface area contributed by atoms with Crippen LogP contribution in [-0.4, -0.2) is 0 Å². The minimum atomic E-state index is 0.567. The van der Waals surface area contributed by atoms with Crippen LogP contribution in [0.1, 0.15) is 0 Å². The van der Waals surface area contributed by atoms with Gasteiger partial charge in [0.1, 0.15) is 0 Å². The van der Waals surface area contributed by atoms with Gasteiger partial charge in [0.05, 0.1) is 5.69 Å². The van der Waals surface area contributed by atoms with Gasteiger partial charge in [0, 0.05) is 4.47 Å². The number of nitrogens with one attached hydrogen (secondary N) is 1. The van der Waals surface area contributed by atoms with Crippen molar-refractivity contribution in [3.8, 4) is 0 Å². The van der Waals surface area contributed by atoms with Crippen molar-refractivity contribution in [3.05, 3.63) is 28.7 Å². The summed E-state index contributed by atoms with van der Waals surface area (Å²) < 4.78 is 0.792. The van der Waals surface area contributed by atoms with Crippen LogP contribution in [0.3, 0.4) is 0 Å². The number of hydrogen-bond donors (Lipinski definition) is 1. The third-order valence-electron chi connectivity index (χ3n) is 0.984. The molecule has 0 aromatic heterocycles. The number of para-hydroxylation sites is 1. The van der Waals surface area contributed by atoms with E-state index in [1.54, 1.807) is 23.7 Å². The summed E-state index contributed by atoms with van der Waals surface area (Å²) in [5.74, 6) is 0. The Balaban J connectivity index is 3.01. The van der Waals surface area contributed by atoms with Gasteiger partial charge in [-0.05, 0) is 28.1 Å². The SMILES string of the molecule is [O]Nc1ccccc1Br. The first-order valence-electron chi connectivity index (χ1n) is 2.47. The summed E-state index contributed by atoms with van der Waals surface area (Å²) in [6, 6.07) is 7.16. The number of halogens is 1. The standard InChI is InChI=1S/C6H5BrNO/c7-5-3-1-2-4-6(5)8-9/h1-4,8H. The largest absolute Gasteiger partial charge is 0.232 e. The molecule has 1 radical (unpaired) electrons. The normalized spacial score (nSPS) is 9.11. The van der Waals surface area contributed by atoms with Crippen LogP contribution in [0, 0.1) is 0 Å². The maximum absolute atomic E-state index is 10.1. The maximum Gasteiger partial charge on any atom is 0.0777 e. The van der Waals surface area contributed by atoms with Crippen molar-refractivity contribution < 1.29 is 5.21 Å². The van der Waals surface area contributed by atoms with E-state index in [0.29, 0.717) is 5.69 Å². The van der Waals surface area contributed by atoms with Crippen molar-refractivity contribution in [2.24, 2.45) is 0 Å². The lowest BCUT2D eigenvalue weighted by Crippen LogP contribution is -1.85. The highest BCUT2D eigenvalue weighted by molar-refractivity contribution is 9.10. The Kier molecular flexibility index (Phi) is 2.08. The molecule has 9 heavy (non-hydrogen) atoms. The number of anilines is 1. The van der Waals surface area contributed by atoms with E-state index in [1.165, 1.54) is 0 Å². The van der Waals surface area contributed by atoms with Gasteiger partial charge in [-0.3, -0.25) is 0 Å². The summed E-state index contributed by atoms with van der Waals surface area (Å²) >= 11 is 3.19. The molecule has 0 atom stereocenters. The minimum absolute atomic E-state index is 0.567. The van der Waals surface area contributed by atoms with Crippen LogP contribution >= 0.6 is 15.9 Å². The Bertz CT molecular complexity index is 202. The molecule has 0 saturated carbocycles. The van der Waals surface area contributed by atoms with E-state index >= 15 is 0 Å². The van der Waals surface area contributed by atoms with Crippen LogP contribution in [0.4, 0.5) is 5.69 Å². The molecule has 0 saturated heterocycles. The summed E-state index contributed by atoms with van der Waals surface area (Å²) in [4.78, 5) is 0. The Morgan fingerprint density at radius 3 is 2.44 bits per heavy atom. The second kappa shape index (κ2) is 2.85. The lowest BCUT2D eigenvalue weighted by Gasteiger charge is -1.96. The quantitative estimate of drug-likeness (QED) is 0.671. The van der Waals surface area contributed by atoms with Crippen molar-refractivity contribution in [2.75, 3.05) is 5.48 Å². The van der Waals surface area contributed by atoms with Crippen molar-refractivity contribution in [1.82, 2.24) is 0 Å². The van der Waals surface area contributed by atoms with Crippen LogP contribution in [0.25, 0.3) is 0 Å². The van der Waals surface area contributed by atoms with E-state index in [4.69, 9.17) is 0 Å². The molecule has 0 fully saturated rings. The Hall–Kier alpha value is -0.540. The monoisotopic (exact) mass is 186 g/mol. The van der Waals surface area contributed by atoms with Gasteiger partial charge in [-0.15, -0.1) is 0 Å². The van der Waals surface area contributed by atoms with Crippen LogP contribution in [0.15, 0.2) is 28.7 Å². The van der Waals surface area contributed by atoms with E-state index in [9.17, 15) is 5.21 Å². The van der Waals surface area contributed by atoms with Gasteiger partial charge in [0.25, 0.3) is 0 Å². The average molecular weight is 187 g/mol. The molecule has 3 heteroatoms. The Morgan fingerprint density at radius 1 is 1.33 bits per heavy atom. The minimum Gasteiger partial charge on any atom is -0.232 e. The fourth-order valence-corrected chi connectivity index (χ4v) is 0.910. The lowest BCUT2D eigenvalue weighted by atomic mass is 10.3. The third-order valence-corrected chi connectivity index (χ3v) is 1.68. The van der Waals surface area contributed by atoms with Gasteiger partial charge in [0.15, 0.2) is 0 Å². The van der Waals surface area contributed by atoms with Crippen molar-refractivity contribution >= 4 is 21.6 Å². The van der Waals surface area contributed by atoms with E-state index in [2.05, 4.69) is 15.9 Å². The smallest absolute Gasteiger partial charge is 0.0777 e. The van der Waals surface area contributed by atoms with E-state index in [1.807, 2.05) is 6.07 Å². The molecule has 0 heterocycles. The predicted octanol–water partition coefficient (Wildman–Crippen LogP) is 2.21. The third kappa shape index (κ3) is 1.43. The summed E-state index contributed by atoms with van der Waals surface area (Å²) in [7, 11) is 0. The average Bonchev–Trinajstić information content (AvgIpc) is 1.89. The molecule has 47 valence electrons. The molecule has 1 rings (SSSR count). The zero-order valence-electron chi connectivity index (χ0n) is 4.60. The molecule has 0 unspecified atom stereocenters. The molecule has 2 nitrogen and oxygen atoms in total. The second-order valence-corrected chi connectivity index (χ2v) is 2.44. The summed E-state index contributed by atoms with van der Waals surface area (Å²) in [6.07, 6.45) is 0.